The molecule has 20 heavy (non-hydrogen) atoms. The summed E-state index contributed by atoms with van der Waals surface area (Å²) in [6, 6.07) is 0.465. The summed E-state index contributed by atoms with van der Waals surface area (Å²) in [7, 11) is 0. The zero-order chi connectivity index (χ0) is 15.1. The van der Waals surface area contributed by atoms with E-state index in [9.17, 15) is 0 Å². The number of nitrogens with one attached hydrogen (secondary N) is 2. The molecule has 0 bridgehead atoms. The molecule has 0 atom stereocenters. The minimum atomic E-state index is 0.465. The number of aromatic nitrogens is 2. The van der Waals surface area contributed by atoms with E-state index in [0.29, 0.717) is 23.8 Å². The summed E-state index contributed by atoms with van der Waals surface area (Å²) >= 11 is 0. The van der Waals surface area contributed by atoms with Crippen LogP contribution >= 0.6 is 0 Å². The van der Waals surface area contributed by atoms with E-state index in [1.54, 1.807) is 0 Å². The maximum atomic E-state index is 4.43. The number of hydrogen-bond donors (Lipinski definition) is 2. The maximum absolute atomic E-state index is 4.43. The molecular weight excluding hydrogens is 248 g/mol. The summed E-state index contributed by atoms with van der Waals surface area (Å²) in [6.45, 7) is 15.1. The van der Waals surface area contributed by atoms with Gasteiger partial charge in [0.2, 0.25) is 0 Å². The molecule has 4 nitrogen and oxygen atoms in total. The zero-order valence-corrected chi connectivity index (χ0v) is 13.8. The normalized spacial score (nSPS) is 11.9. The molecular formula is C16H30N4. The van der Waals surface area contributed by atoms with Crippen molar-refractivity contribution < 1.29 is 0 Å². The summed E-state index contributed by atoms with van der Waals surface area (Å²) < 4.78 is 0. The van der Waals surface area contributed by atoms with Crippen LogP contribution in [0.25, 0.3) is 0 Å². The number of anilines is 1. The lowest BCUT2D eigenvalue weighted by Gasteiger charge is -2.25. The Morgan fingerprint density at radius 1 is 0.950 bits per heavy atom. The van der Waals surface area contributed by atoms with Crippen molar-refractivity contribution in [2.75, 3.05) is 11.9 Å². The first-order chi connectivity index (χ1) is 9.40. The molecule has 1 heterocycles. The molecule has 0 aromatic carbocycles. The van der Waals surface area contributed by atoms with Crippen molar-refractivity contribution in [3.05, 3.63) is 18.1 Å². The van der Waals surface area contributed by atoms with Crippen molar-refractivity contribution in [1.82, 2.24) is 15.3 Å². The average Bonchev–Trinajstić information content (AvgIpc) is 2.37. The summed E-state index contributed by atoms with van der Waals surface area (Å²) in [4.78, 5) is 8.86. The predicted molar refractivity (Wildman–Crippen MR) is 85.7 cm³/mol. The molecule has 0 aliphatic carbocycles. The lowest BCUT2D eigenvalue weighted by atomic mass is 9.85. The average molecular weight is 278 g/mol. The van der Waals surface area contributed by atoms with Gasteiger partial charge in [-0.25, -0.2) is 4.98 Å². The van der Waals surface area contributed by atoms with Crippen LogP contribution in [-0.4, -0.2) is 22.6 Å². The van der Waals surface area contributed by atoms with Crippen LogP contribution < -0.4 is 10.6 Å². The molecule has 0 saturated heterocycles. The van der Waals surface area contributed by atoms with Gasteiger partial charge in [0.1, 0.15) is 5.82 Å². The van der Waals surface area contributed by atoms with E-state index < -0.39 is 0 Å². The third-order valence-corrected chi connectivity index (χ3v) is 3.63. The Kier molecular flexibility index (Phi) is 6.93. The Hall–Kier alpha value is -1.16. The summed E-state index contributed by atoms with van der Waals surface area (Å²) in [5.41, 5.74) is 0.980. The fraction of sp³-hybridized carbons (Fsp3) is 0.750. The second-order valence-electron chi connectivity index (χ2n) is 6.46. The van der Waals surface area contributed by atoms with Gasteiger partial charge >= 0.3 is 0 Å². The zero-order valence-electron chi connectivity index (χ0n) is 13.8. The molecule has 2 N–H and O–H groups in total. The van der Waals surface area contributed by atoms with Crippen LogP contribution in [0.4, 0.5) is 5.82 Å². The molecule has 0 aliphatic rings. The Morgan fingerprint density at radius 2 is 1.60 bits per heavy atom. The Balaban J connectivity index is 2.48. The highest BCUT2D eigenvalue weighted by Gasteiger charge is 2.17. The van der Waals surface area contributed by atoms with Crippen LogP contribution in [0.5, 0.6) is 0 Å². The van der Waals surface area contributed by atoms with Gasteiger partial charge in [0.25, 0.3) is 0 Å². The van der Waals surface area contributed by atoms with Crippen molar-refractivity contribution in [2.24, 2.45) is 17.8 Å². The molecule has 1 aromatic rings. The van der Waals surface area contributed by atoms with Crippen LogP contribution in [0, 0.1) is 17.8 Å². The molecule has 0 amide bonds. The van der Waals surface area contributed by atoms with Crippen molar-refractivity contribution in [3.8, 4) is 0 Å². The predicted octanol–water partition coefficient (Wildman–Crippen LogP) is 3.31. The molecule has 4 heteroatoms. The quantitative estimate of drug-likeness (QED) is 0.766. The number of nitrogens with zero attached hydrogens (tertiary/aromatic N) is 2. The fourth-order valence-corrected chi connectivity index (χ4v) is 2.31. The van der Waals surface area contributed by atoms with E-state index in [0.717, 1.165) is 24.6 Å². The molecule has 1 rings (SSSR count). The van der Waals surface area contributed by atoms with Gasteiger partial charge in [0.05, 0.1) is 18.1 Å². The fourth-order valence-electron chi connectivity index (χ4n) is 2.31. The van der Waals surface area contributed by atoms with E-state index in [-0.39, 0.29) is 0 Å². The van der Waals surface area contributed by atoms with Crippen LogP contribution in [0.1, 0.15) is 47.2 Å². The second-order valence-corrected chi connectivity index (χ2v) is 6.46. The monoisotopic (exact) mass is 278 g/mol. The summed E-state index contributed by atoms with van der Waals surface area (Å²) in [5, 5.41) is 6.74. The highest BCUT2D eigenvalue weighted by molar-refractivity contribution is 5.31. The van der Waals surface area contributed by atoms with Gasteiger partial charge in [0.15, 0.2) is 0 Å². The third-order valence-electron chi connectivity index (χ3n) is 3.63. The van der Waals surface area contributed by atoms with Crippen molar-refractivity contribution >= 4 is 5.82 Å². The minimum Gasteiger partial charge on any atom is -0.368 e. The van der Waals surface area contributed by atoms with Crippen molar-refractivity contribution in [1.29, 1.82) is 0 Å². The maximum Gasteiger partial charge on any atom is 0.144 e. The van der Waals surface area contributed by atoms with Gasteiger partial charge in [-0.1, -0.05) is 41.5 Å². The van der Waals surface area contributed by atoms with Gasteiger partial charge in [-0.15, -0.1) is 0 Å². The molecule has 0 aliphatic heterocycles. The molecule has 114 valence electrons. The molecule has 0 radical (unpaired) electrons. The molecule has 0 fully saturated rings. The van der Waals surface area contributed by atoms with Crippen LogP contribution in [0.2, 0.25) is 0 Å². The molecule has 0 saturated carbocycles. The van der Waals surface area contributed by atoms with Gasteiger partial charge < -0.3 is 10.6 Å². The van der Waals surface area contributed by atoms with Crippen LogP contribution in [0.15, 0.2) is 12.4 Å². The third kappa shape index (κ3) is 5.87. The topological polar surface area (TPSA) is 49.8 Å². The minimum absolute atomic E-state index is 0.465. The lowest BCUT2D eigenvalue weighted by Crippen LogP contribution is -2.25. The molecule has 1 aromatic heterocycles. The van der Waals surface area contributed by atoms with Gasteiger partial charge in [-0.05, 0) is 17.8 Å². The van der Waals surface area contributed by atoms with E-state index >= 15 is 0 Å². The van der Waals surface area contributed by atoms with Gasteiger partial charge in [-0.3, -0.25) is 4.98 Å². The molecule has 0 unspecified atom stereocenters. The lowest BCUT2D eigenvalue weighted by molar-refractivity contribution is 0.304. The molecule has 0 spiro atoms. The van der Waals surface area contributed by atoms with Crippen molar-refractivity contribution in [2.45, 2.75) is 54.1 Å². The van der Waals surface area contributed by atoms with E-state index in [4.69, 9.17) is 0 Å². The Morgan fingerprint density at radius 3 is 2.05 bits per heavy atom. The number of hydrogen-bond acceptors (Lipinski definition) is 4. The van der Waals surface area contributed by atoms with E-state index in [1.807, 2.05) is 12.4 Å². The highest BCUT2D eigenvalue weighted by Crippen LogP contribution is 2.20. The smallest absolute Gasteiger partial charge is 0.144 e. The largest absolute Gasteiger partial charge is 0.368 e. The SMILES string of the molecule is CC(C)NCc1cnc(NCC(C(C)C)C(C)C)cn1. The van der Waals surface area contributed by atoms with E-state index in [1.165, 1.54) is 0 Å². The second kappa shape index (κ2) is 8.20. The Labute approximate surface area is 123 Å². The summed E-state index contributed by atoms with van der Waals surface area (Å²) in [6.07, 6.45) is 3.67. The highest BCUT2D eigenvalue weighted by atomic mass is 15.0. The van der Waals surface area contributed by atoms with Crippen LogP contribution in [0.3, 0.4) is 0 Å². The first kappa shape index (κ1) is 16.9. The first-order valence-corrected chi connectivity index (χ1v) is 7.68. The first-order valence-electron chi connectivity index (χ1n) is 7.68. The van der Waals surface area contributed by atoms with Crippen LogP contribution in [-0.2, 0) is 6.54 Å². The van der Waals surface area contributed by atoms with Gasteiger partial charge in [0, 0.05) is 19.1 Å². The number of rotatable bonds is 8. The van der Waals surface area contributed by atoms with E-state index in [2.05, 4.69) is 62.1 Å². The standard InChI is InChI=1S/C16H30N4/c1-11(2)15(12(3)4)9-20-16-10-18-14(8-19-16)7-17-13(5)6/h8,10-13,15,17H,7,9H2,1-6H3,(H,19,20). The Bertz CT molecular complexity index is 363. The summed E-state index contributed by atoms with van der Waals surface area (Å²) in [5.74, 6) is 2.86. The van der Waals surface area contributed by atoms with Gasteiger partial charge in [-0.2, -0.15) is 0 Å². The van der Waals surface area contributed by atoms with Crippen molar-refractivity contribution in [3.63, 3.8) is 0 Å².